The summed E-state index contributed by atoms with van der Waals surface area (Å²) in [6.45, 7) is 3.12. The van der Waals surface area contributed by atoms with E-state index in [2.05, 4.69) is 54.7 Å². The average molecular weight is 281 g/mol. The van der Waals surface area contributed by atoms with Crippen LogP contribution >= 0.6 is 0 Å². The second-order valence-electron chi connectivity index (χ2n) is 5.95. The van der Waals surface area contributed by atoms with Crippen molar-refractivity contribution in [1.82, 2.24) is 5.32 Å². The van der Waals surface area contributed by atoms with E-state index in [4.69, 9.17) is 4.74 Å². The zero-order valence-corrected chi connectivity index (χ0v) is 12.8. The SMILES string of the molecule is CNCC(CC1Cc2ccccc2O1)c1ccc(C)cc1. The third kappa shape index (κ3) is 3.27. The maximum absolute atomic E-state index is 6.10. The molecule has 1 aliphatic heterocycles. The van der Waals surface area contributed by atoms with Crippen LogP contribution in [0.3, 0.4) is 0 Å². The van der Waals surface area contributed by atoms with Crippen LogP contribution < -0.4 is 10.1 Å². The molecule has 2 aromatic rings. The topological polar surface area (TPSA) is 21.3 Å². The molecule has 0 amide bonds. The van der Waals surface area contributed by atoms with Gasteiger partial charge < -0.3 is 10.1 Å². The van der Waals surface area contributed by atoms with E-state index in [0.717, 1.165) is 25.1 Å². The average Bonchev–Trinajstić information content (AvgIpc) is 2.90. The Kier molecular flexibility index (Phi) is 4.26. The van der Waals surface area contributed by atoms with Gasteiger partial charge in [0, 0.05) is 13.0 Å². The maximum atomic E-state index is 6.10. The highest BCUT2D eigenvalue weighted by Gasteiger charge is 2.25. The van der Waals surface area contributed by atoms with E-state index in [1.807, 2.05) is 13.1 Å². The molecule has 0 radical (unpaired) electrons. The minimum Gasteiger partial charge on any atom is -0.490 e. The third-order valence-corrected chi connectivity index (χ3v) is 4.26. The van der Waals surface area contributed by atoms with Gasteiger partial charge >= 0.3 is 0 Å². The van der Waals surface area contributed by atoms with E-state index in [9.17, 15) is 0 Å². The normalized spacial score (nSPS) is 18.1. The lowest BCUT2D eigenvalue weighted by Crippen LogP contribution is -2.24. The minimum absolute atomic E-state index is 0.294. The maximum Gasteiger partial charge on any atom is 0.123 e. The van der Waals surface area contributed by atoms with Gasteiger partial charge in [-0.25, -0.2) is 0 Å². The van der Waals surface area contributed by atoms with Gasteiger partial charge in [-0.2, -0.15) is 0 Å². The monoisotopic (exact) mass is 281 g/mol. The van der Waals surface area contributed by atoms with Gasteiger partial charge in [-0.05, 0) is 43.5 Å². The van der Waals surface area contributed by atoms with Crippen molar-refractivity contribution in [3.63, 3.8) is 0 Å². The lowest BCUT2D eigenvalue weighted by Gasteiger charge is -2.21. The van der Waals surface area contributed by atoms with Crippen LogP contribution in [0.15, 0.2) is 48.5 Å². The second-order valence-corrected chi connectivity index (χ2v) is 5.95. The Hall–Kier alpha value is -1.80. The summed E-state index contributed by atoms with van der Waals surface area (Å²) >= 11 is 0. The molecule has 2 nitrogen and oxygen atoms in total. The zero-order chi connectivity index (χ0) is 14.7. The first-order chi connectivity index (χ1) is 10.3. The van der Waals surface area contributed by atoms with Crippen molar-refractivity contribution in [3.8, 4) is 5.75 Å². The summed E-state index contributed by atoms with van der Waals surface area (Å²) in [5.74, 6) is 1.56. The summed E-state index contributed by atoms with van der Waals surface area (Å²) < 4.78 is 6.10. The molecule has 2 aromatic carbocycles. The van der Waals surface area contributed by atoms with Crippen molar-refractivity contribution in [2.45, 2.75) is 31.8 Å². The van der Waals surface area contributed by atoms with E-state index in [1.54, 1.807) is 0 Å². The highest BCUT2D eigenvalue weighted by atomic mass is 16.5. The van der Waals surface area contributed by atoms with Crippen LogP contribution in [-0.2, 0) is 6.42 Å². The van der Waals surface area contributed by atoms with Crippen molar-refractivity contribution in [2.75, 3.05) is 13.6 Å². The molecule has 1 heterocycles. The number of hydrogen-bond acceptors (Lipinski definition) is 2. The molecule has 110 valence electrons. The van der Waals surface area contributed by atoms with Crippen molar-refractivity contribution in [3.05, 3.63) is 65.2 Å². The molecule has 0 saturated carbocycles. The summed E-state index contributed by atoms with van der Waals surface area (Å²) in [6, 6.07) is 17.3. The van der Waals surface area contributed by atoms with Gasteiger partial charge in [0.05, 0.1) is 0 Å². The smallest absolute Gasteiger partial charge is 0.123 e. The number of para-hydroxylation sites is 1. The summed E-state index contributed by atoms with van der Waals surface area (Å²) in [7, 11) is 2.02. The molecule has 0 aliphatic carbocycles. The Labute approximate surface area is 127 Å². The number of aryl methyl sites for hydroxylation is 1. The first-order valence-corrected chi connectivity index (χ1v) is 7.72. The summed E-state index contributed by atoms with van der Waals surface area (Å²) in [5.41, 5.74) is 4.05. The van der Waals surface area contributed by atoms with Crippen LogP contribution in [0.2, 0.25) is 0 Å². The molecular weight excluding hydrogens is 258 g/mol. The number of likely N-dealkylation sites (N-methyl/N-ethyl adjacent to an activating group) is 1. The van der Waals surface area contributed by atoms with E-state index in [1.165, 1.54) is 16.7 Å². The number of fused-ring (bicyclic) bond motifs is 1. The Morgan fingerprint density at radius 3 is 2.62 bits per heavy atom. The molecule has 1 aliphatic rings. The molecular formula is C19H23NO. The van der Waals surface area contributed by atoms with Gasteiger partial charge in [-0.15, -0.1) is 0 Å². The quantitative estimate of drug-likeness (QED) is 0.902. The predicted molar refractivity (Wildman–Crippen MR) is 87.0 cm³/mol. The lowest BCUT2D eigenvalue weighted by molar-refractivity contribution is 0.209. The van der Waals surface area contributed by atoms with E-state index < -0.39 is 0 Å². The summed E-state index contributed by atoms with van der Waals surface area (Å²) in [6.07, 6.45) is 2.38. The minimum atomic E-state index is 0.294. The van der Waals surface area contributed by atoms with E-state index in [0.29, 0.717) is 12.0 Å². The number of rotatable bonds is 5. The number of nitrogens with one attached hydrogen (secondary N) is 1. The highest BCUT2D eigenvalue weighted by molar-refractivity contribution is 5.37. The Morgan fingerprint density at radius 1 is 1.14 bits per heavy atom. The molecule has 0 fully saturated rings. The molecule has 2 atom stereocenters. The summed E-state index contributed by atoms with van der Waals surface area (Å²) in [4.78, 5) is 0. The number of benzene rings is 2. The predicted octanol–water partition coefficient (Wildman–Crippen LogP) is 3.69. The Balaban J connectivity index is 1.70. The highest BCUT2D eigenvalue weighted by Crippen LogP contribution is 2.33. The lowest BCUT2D eigenvalue weighted by atomic mass is 9.91. The molecule has 2 heteroatoms. The van der Waals surface area contributed by atoms with Crippen molar-refractivity contribution < 1.29 is 4.74 Å². The number of hydrogen-bond donors (Lipinski definition) is 1. The fourth-order valence-electron chi connectivity index (χ4n) is 3.13. The third-order valence-electron chi connectivity index (χ3n) is 4.26. The first-order valence-electron chi connectivity index (χ1n) is 7.72. The number of ether oxygens (including phenoxy) is 1. The van der Waals surface area contributed by atoms with Gasteiger partial charge in [0.1, 0.15) is 11.9 Å². The zero-order valence-electron chi connectivity index (χ0n) is 12.8. The van der Waals surface area contributed by atoms with Crippen LogP contribution in [-0.4, -0.2) is 19.7 Å². The molecule has 2 unspecified atom stereocenters. The van der Waals surface area contributed by atoms with Gasteiger partial charge in [0.2, 0.25) is 0 Å². The molecule has 0 aromatic heterocycles. The van der Waals surface area contributed by atoms with Crippen molar-refractivity contribution in [2.24, 2.45) is 0 Å². The van der Waals surface area contributed by atoms with Crippen LogP contribution in [0.1, 0.15) is 29.0 Å². The molecule has 0 bridgehead atoms. The van der Waals surface area contributed by atoms with Crippen LogP contribution in [0, 0.1) is 6.92 Å². The molecule has 3 rings (SSSR count). The van der Waals surface area contributed by atoms with Gasteiger partial charge in [0.15, 0.2) is 0 Å². The van der Waals surface area contributed by atoms with E-state index >= 15 is 0 Å². The Bertz CT molecular complexity index is 566. The van der Waals surface area contributed by atoms with Gasteiger partial charge in [-0.3, -0.25) is 0 Å². The Morgan fingerprint density at radius 2 is 1.90 bits per heavy atom. The molecule has 21 heavy (non-hydrogen) atoms. The van der Waals surface area contributed by atoms with E-state index in [-0.39, 0.29) is 0 Å². The van der Waals surface area contributed by atoms with Crippen molar-refractivity contribution in [1.29, 1.82) is 0 Å². The van der Waals surface area contributed by atoms with Gasteiger partial charge in [0.25, 0.3) is 0 Å². The van der Waals surface area contributed by atoms with Crippen LogP contribution in [0.25, 0.3) is 0 Å². The largest absolute Gasteiger partial charge is 0.490 e. The molecule has 0 saturated heterocycles. The summed E-state index contributed by atoms with van der Waals surface area (Å²) in [5, 5.41) is 3.32. The standard InChI is InChI=1S/C19H23NO/c1-14-7-9-15(10-8-14)17(13-20-2)12-18-11-16-5-3-4-6-19(16)21-18/h3-10,17-18,20H,11-13H2,1-2H3. The second kappa shape index (κ2) is 6.31. The van der Waals surface area contributed by atoms with Crippen LogP contribution in [0.4, 0.5) is 0 Å². The molecule has 0 spiro atoms. The van der Waals surface area contributed by atoms with Crippen molar-refractivity contribution >= 4 is 0 Å². The van der Waals surface area contributed by atoms with Crippen LogP contribution in [0.5, 0.6) is 5.75 Å². The first kappa shape index (κ1) is 14.2. The van der Waals surface area contributed by atoms with Gasteiger partial charge in [-0.1, -0.05) is 48.0 Å². The molecule has 1 N–H and O–H groups in total. The fraction of sp³-hybridized carbons (Fsp3) is 0.368. The fourth-order valence-corrected chi connectivity index (χ4v) is 3.13.